The summed E-state index contributed by atoms with van der Waals surface area (Å²) in [6.45, 7) is 3.15. The van der Waals surface area contributed by atoms with E-state index >= 15 is 0 Å². The molecule has 0 saturated carbocycles. The van der Waals surface area contributed by atoms with Gasteiger partial charge in [0.25, 0.3) is 5.91 Å². The summed E-state index contributed by atoms with van der Waals surface area (Å²) in [5.41, 5.74) is 0.269. The van der Waals surface area contributed by atoms with Crippen LogP contribution in [0.5, 0.6) is 0 Å². The van der Waals surface area contributed by atoms with Crippen molar-refractivity contribution < 1.29 is 14.7 Å². The molecule has 0 bridgehead atoms. The SMILES string of the molecule is CC(NC(=O)c1ccc(Cl)cc1Cl)C(C)C(=O)O. The molecule has 0 spiro atoms. The highest BCUT2D eigenvalue weighted by molar-refractivity contribution is 6.36. The summed E-state index contributed by atoms with van der Waals surface area (Å²) in [6, 6.07) is 4.01. The maximum Gasteiger partial charge on any atom is 0.308 e. The highest BCUT2D eigenvalue weighted by Gasteiger charge is 2.22. The first-order valence-corrected chi connectivity index (χ1v) is 6.07. The molecule has 0 radical (unpaired) electrons. The number of amides is 1. The monoisotopic (exact) mass is 289 g/mol. The third-order valence-corrected chi connectivity index (χ3v) is 3.22. The number of hydrogen-bond acceptors (Lipinski definition) is 2. The van der Waals surface area contributed by atoms with Crippen LogP contribution < -0.4 is 5.32 Å². The zero-order valence-electron chi connectivity index (χ0n) is 9.91. The second-order valence-corrected chi connectivity index (χ2v) is 4.86. The average molecular weight is 290 g/mol. The Morgan fingerprint density at radius 2 is 1.89 bits per heavy atom. The Morgan fingerprint density at radius 3 is 2.39 bits per heavy atom. The maximum absolute atomic E-state index is 11.9. The van der Waals surface area contributed by atoms with Gasteiger partial charge in [0, 0.05) is 11.1 Å². The van der Waals surface area contributed by atoms with Crippen molar-refractivity contribution in [3.63, 3.8) is 0 Å². The first-order chi connectivity index (χ1) is 8.32. The summed E-state index contributed by atoms with van der Waals surface area (Å²) in [5, 5.41) is 12.1. The van der Waals surface area contributed by atoms with Gasteiger partial charge in [-0.05, 0) is 32.0 Å². The van der Waals surface area contributed by atoms with Gasteiger partial charge >= 0.3 is 5.97 Å². The highest BCUT2D eigenvalue weighted by Crippen LogP contribution is 2.21. The van der Waals surface area contributed by atoms with Crippen LogP contribution in [0.25, 0.3) is 0 Å². The van der Waals surface area contributed by atoms with E-state index in [-0.39, 0.29) is 10.6 Å². The predicted octanol–water partition coefficient (Wildman–Crippen LogP) is 2.83. The van der Waals surface area contributed by atoms with Gasteiger partial charge in [0.1, 0.15) is 0 Å². The number of halogens is 2. The third kappa shape index (κ3) is 3.62. The van der Waals surface area contributed by atoms with Gasteiger partial charge in [0.05, 0.1) is 16.5 Å². The van der Waals surface area contributed by atoms with Gasteiger partial charge in [-0.25, -0.2) is 0 Å². The van der Waals surface area contributed by atoms with E-state index in [0.717, 1.165) is 0 Å². The van der Waals surface area contributed by atoms with E-state index in [9.17, 15) is 9.59 Å². The van der Waals surface area contributed by atoms with Crippen LogP contribution in [0.4, 0.5) is 0 Å². The van der Waals surface area contributed by atoms with Crippen molar-refractivity contribution in [3.05, 3.63) is 33.8 Å². The molecule has 4 nitrogen and oxygen atoms in total. The fourth-order valence-electron chi connectivity index (χ4n) is 1.30. The van der Waals surface area contributed by atoms with Crippen LogP contribution in [0, 0.1) is 5.92 Å². The zero-order valence-corrected chi connectivity index (χ0v) is 11.4. The van der Waals surface area contributed by atoms with Gasteiger partial charge in [-0.15, -0.1) is 0 Å². The number of hydrogen-bond donors (Lipinski definition) is 2. The molecule has 0 aliphatic heterocycles. The Hall–Kier alpha value is -1.26. The number of carboxylic acid groups (broad SMARTS) is 1. The summed E-state index contributed by atoms with van der Waals surface area (Å²) in [6.07, 6.45) is 0. The van der Waals surface area contributed by atoms with Crippen LogP contribution in [0.15, 0.2) is 18.2 Å². The van der Waals surface area contributed by atoms with Crippen molar-refractivity contribution in [1.82, 2.24) is 5.32 Å². The fraction of sp³-hybridized carbons (Fsp3) is 0.333. The van der Waals surface area contributed by atoms with Crippen LogP contribution in [0.3, 0.4) is 0 Å². The fourth-order valence-corrected chi connectivity index (χ4v) is 1.79. The molecule has 98 valence electrons. The number of benzene rings is 1. The number of carboxylic acids is 1. The second-order valence-electron chi connectivity index (χ2n) is 4.01. The highest BCUT2D eigenvalue weighted by atomic mass is 35.5. The number of nitrogens with one attached hydrogen (secondary N) is 1. The standard InChI is InChI=1S/C12H13Cl2NO3/c1-6(12(17)18)7(2)15-11(16)9-4-3-8(13)5-10(9)14/h3-7H,1-2H3,(H,15,16)(H,17,18). The summed E-state index contributed by atoms with van der Waals surface area (Å²) >= 11 is 11.6. The number of carbonyl (C=O) groups is 2. The Labute approximate surface area is 115 Å². The van der Waals surface area contributed by atoms with Gasteiger partial charge in [0.15, 0.2) is 0 Å². The van der Waals surface area contributed by atoms with Crippen LogP contribution >= 0.6 is 23.2 Å². The van der Waals surface area contributed by atoms with Crippen molar-refractivity contribution in [2.75, 3.05) is 0 Å². The molecular formula is C12H13Cl2NO3. The lowest BCUT2D eigenvalue weighted by atomic mass is 10.0. The molecule has 1 aromatic carbocycles. The predicted molar refractivity (Wildman–Crippen MR) is 70.2 cm³/mol. The molecule has 2 unspecified atom stereocenters. The zero-order chi connectivity index (χ0) is 13.9. The lowest BCUT2D eigenvalue weighted by Crippen LogP contribution is -2.40. The Bertz CT molecular complexity index is 476. The molecule has 6 heteroatoms. The van der Waals surface area contributed by atoms with E-state index in [1.807, 2.05) is 0 Å². The molecule has 1 rings (SSSR count). The van der Waals surface area contributed by atoms with Gasteiger partial charge in [0.2, 0.25) is 0 Å². The van der Waals surface area contributed by atoms with E-state index in [1.54, 1.807) is 13.0 Å². The van der Waals surface area contributed by atoms with Crippen LogP contribution in [-0.4, -0.2) is 23.0 Å². The van der Waals surface area contributed by atoms with E-state index in [0.29, 0.717) is 5.02 Å². The molecule has 0 aromatic heterocycles. The molecule has 1 amide bonds. The van der Waals surface area contributed by atoms with Crippen LogP contribution in [-0.2, 0) is 4.79 Å². The molecule has 0 fully saturated rings. The number of aliphatic carboxylic acids is 1. The van der Waals surface area contributed by atoms with Gasteiger partial charge in [-0.2, -0.15) is 0 Å². The van der Waals surface area contributed by atoms with Gasteiger partial charge in [-0.3, -0.25) is 9.59 Å². The van der Waals surface area contributed by atoms with Gasteiger partial charge in [-0.1, -0.05) is 23.2 Å². The lowest BCUT2D eigenvalue weighted by molar-refractivity contribution is -0.141. The quantitative estimate of drug-likeness (QED) is 0.896. The molecule has 2 N–H and O–H groups in total. The molecule has 0 aliphatic carbocycles. The molecule has 2 atom stereocenters. The smallest absolute Gasteiger partial charge is 0.308 e. The normalized spacial score (nSPS) is 13.8. The summed E-state index contributed by atoms with van der Waals surface area (Å²) in [5.74, 6) is -2.07. The van der Waals surface area contributed by atoms with Crippen LogP contribution in [0.1, 0.15) is 24.2 Å². The number of rotatable bonds is 4. The molecule has 1 aromatic rings. The Morgan fingerprint density at radius 1 is 1.28 bits per heavy atom. The topological polar surface area (TPSA) is 66.4 Å². The number of carbonyl (C=O) groups excluding carboxylic acids is 1. The van der Waals surface area contributed by atoms with Crippen LogP contribution in [0.2, 0.25) is 10.0 Å². The summed E-state index contributed by atoms with van der Waals surface area (Å²) < 4.78 is 0. The molecular weight excluding hydrogens is 277 g/mol. The van der Waals surface area contributed by atoms with Crippen molar-refractivity contribution >= 4 is 35.1 Å². The maximum atomic E-state index is 11.9. The van der Waals surface area contributed by atoms with Crippen molar-refractivity contribution in [2.45, 2.75) is 19.9 Å². The molecule has 0 heterocycles. The molecule has 0 aliphatic rings. The minimum atomic E-state index is -0.968. The first kappa shape index (κ1) is 14.8. The van der Waals surface area contributed by atoms with Crippen molar-refractivity contribution in [3.8, 4) is 0 Å². The first-order valence-electron chi connectivity index (χ1n) is 5.31. The van der Waals surface area contributed by atoms with Crippen molar-refractivity contribution in [2.24, 2.45) is 5.92 Å². The van der Waals surface area contributed by atoms with Crippen molar-refractivity contribution in [1.29, 1.82) is 0 Å². The molecule has 0 saturated heterocycles. The van der Waals surface area contributed by atoms with E-state index in [4.69, 9.17) is 28.3 Å². The van der Waals surface area contributed by atoms with E-state index in [1.165, 1.54) is 19.1 Å². The van der Waals surface area contributed by atoms with Gasteiger partial charge < -0.3 is 10.4 Å². The average Bonchev–Trinajstić information content (AvgIpc) is 2.27. The Balaban J connectivity index is 2.79. The second kappa shape index (κ2) is 6.07. The molecule has 18 heavy (non-hydrogen) atoms. The minimum absolute atomic E-state index is 0.232. The lowest BCUT2D eigenvalue weighted by Gasteiger charge is -2.18. The van der Waals surface area contributed by atoms with E-state index < -0.39 is 23.8 Å². The summed E-state index contributed by atoms with van der Waals surface area (Å²) in [4.78, 5) is 22.7. The van der Waals surface area contributed by atoms with E-state index in [2.05, 4.69) is 5.32 Å². The Kier molecular flexibility index (Phi) is 4.99. The summed E-state index contributed by atoms with van der Waals surface area (Å²) in [7, 11) is 0. The third-order valence-electron chi connectivity index (χ3n) is 2.67. The minimum Gasteiger partial charge on any atom is -0.481 e. The largest absolute Gasteiger partial charge is 0.481 e.